The molecule has 3 aliphatic rings. The highest BCUT2D eigenvalue weighted by atomic mass is 16.7. The molecule has 1 aliphatic carbocycles. The van der Waals surface area contributed by atoms with Crippen LogP contribution in [0.2, 0.25) is 0 Å². The van der Waals surface area contributed by atoms with E-state index in [1.165, 1.54) is 11.1 Å². The number of benzene rings is 1. The van der Waals surface area contributed by atoms with Gasteiger partial charge < -0.3 is 10.4 Å². The van der Waals surface area contributed by atoms with Crippen LogP contribution in [-0.2, 0) is 16.1 Å². The standard InChI is InChI=1S/C19H29N5O3/c1-2-17-22-18(23-27-17)13-3-5-14-12(11-13)4-6-15(14)21-19(26)16-7-8-20-24(16)9-10-25/h3,5,11,15-18,20,22-23,25H,2,4,6-10H2,1H3,(H,21,26)/t15-,16?,17?,18?/m1/s1. The third-order valence-corrected chi connectivity index (χ3v) is 5.70. The van der Waals surface area contributed by atoms with Crippen molar-refractivity contribution in [1.82, 2.24) is 26.5 Å². The first-order chi connectivity index (χ1) is 13.2. The number of fused-ring (bicyclic) bond motifs is 1. The number of hydrogen-bond donors (Lipinski definition) is 5. The molecular weight excluding hydrogens is 346 g/mol. The molecule has 1 aromatic rings. The topological polar surface area (TPSA) is 97.9 Å². The summed E-state index contributed by atoms with van der Waals surface area (Å²) in [5, 5.41) is 17.6. The molecule has 5 N–H and O–H groups in total. The van der Waals surface area contributed by atoms with E-state index in [1.807, 2.05) is 5.01 Å². The Bertz CT molecular complexity index is 685. The van der Waals surface area contributed by atoms with Crippen LogP contribution in [0, 0.1) is 0 Å². The molecule has 27 heavy (non-hydrogen) atoms. The maximum absolute atomic E-state index is 12.7. The van der Waals surface area contributed by atoms with E-state index < -0.39 is 0 Å². The molecule has 4 rings (SSSR count). The molecule has 2 saturated heterocycles. The van der Waals surface area contributed by atoms with Crippen LogP contribution >= 0.6 is 0 Å². The largest absolute Gasteiger partial charge is 0.395 e. The molecule has 4 atom stereocenters. The normalized spacial score (nSPS) is 30.6. The van der Waals surface area contributed by atoms with Crippen LogP contribution in [0.5, 0.6) is 0 Å². The Balaban J connectivity index is 1.41. The zero-order valence-corrected chi connectivity index (χ0v) is 15.7. The summed E-state index contributed by atoms with van der Waals surface area (Å²) in [5.41, 5.74) is 9.87. The minimum absolute atomic E-state index is 0.00509. The molecule has 2 fully saturated rings. The van der Waals surface area contributed by atoms with Gasteiger partial charge in [-0.25, -0.2) is 5.01 Å². The number of nitrogens with one attached hydrogen (secondary N) is 4. The first kappa shape index (κ1) is 18.8. The van der Waals surface area contributed by atoms with Crippen molar-refractivity contribution >= 4 is 5.91 Å². The second kappa shape index (κ2) is 8.22. The molecule has 0 aromatic heterocycles. The van der Waals surface area contributed by atoms with Gasteiger partial charge in [0.05, 0.1) is 12.6 Å². The number of aliphatic hydroxyl groups is 1. The Hall–Kier alpha value is -1.55. The summed E-state index contributed by atoms with van der Waals surface area (Å²) in [4.78, 5) is 18.2. The average Bonchev–Trinajstić information content (AvgIpc) is 3.41. The zero-order chi connectivity index (χ0) is 18.8. The predicted octanol–water partition coefficient (Wildman–Crippen LogP) is 0.220. The number of carbonyl (C=O) groups excluding carboxylic acids is 1. The minimum atomic E-state index is -0.213. The predicted molar refractivity (Wildman–Crippen MR) is 100 cm³/mol. The van der Waals surface area contributed by atoms with E-state index in [4.69, 9.17) is 9.94 Å². The number of amides is 1. The van der Waals surface area contributed by atoms with Gasteiger partial charge in [-0.1, -0.05) is 25.1 Å². The number of hydrogen-bond acceptors (Lipinski definition) is 7. The summed E-state index contributed by atoms with van der Waals surface area (Å²) in [7, 11) is 0. The maximum Gasteiger partial charge on any atom is 0.239 e. The Morgan fingerprint density at radius 2 is 2.30 bits per heavy atom. The van der Waals surface area contributed by atoms with Crippen molar-refractivity contribution in [3.05, 3.63) is 34.9 Å². The van der Waals surface area contributed by atoms with Crippen LogP contribution in [0.25, 0.3) is 0 Å². The number of hydrazine groups is 1. The fourth-order valence-corrected chi connectivity index (χ4v) is 4.23. The molecule has 148 valence electrons. The minimum Gasteiger partial charge on any atom is -0.395 e. The molecule has 8 nitrogen and oxygen atoms in total. The van der Waals surface area contributed by atoms with Gasteiger partial charge in [-0.15, -0.1) is 0 Å². The van der Waals surface area contributed by atoms with Crippen molar-refractivity contribution in [2.75, 3.05) is 19.7 Å². The highest BCUT2D eigenvalue weighted by Crippen LogP contribution is 2.33. The van der Waals surface area contributed by atoms with Crippen molar-refractivity contribution in [3.63, 3.8) is 0 Å². The van der Waals surface area contributed by atoms with Crippen LogP contribution < -0.4 is 21.5 Å². The summed E-state index contributed by atoms with van der Waals surface area (Å²) < 4.78 is 0. The molecule has 0 spiro atoms. The smallest absolute Gasteiger partial charge is 0.239 e. The fraction of sp³-hybridized carbons (Fsp3) is 0.632. The number of rotatable bonds is 6. The van der Waals surface area contributed by atoms with Crippen molar-refractivity contribution in [1.29, 1.82) is 0 Å². The van der Waals surface area contributed by atoms with Gasteiger partial charge in [-0.3, -0.25) is 20.4 Å². The van der Waals surface area contributed by atoms with Crippen LogP contribution in [0.4, 0.5) is 0 Å². The second-order valence-corrected chi connectivity index (χ2v) is 7.42. The van der Waals surface area contributed by atoms with Gasteiger partial charge in [0.15, 0.2) is 0 Å². The van der Waals surface area contributed by atoms with Gasteiger partial charge in [-0.2, -0.15) is 5.48 Å². The van der Waals surface area contributed by atoms with E-state index in [9.17, 15) is 4.79 Å². The van der Waals surface area contributed by atoms with Crippen LogP contribution in [0.3, 0.4) is 0 Å². The molecule has 1 amide bonds. The molecule has 3 unspecified atom stereocenters. The lowest BCUT2D eigenvalue weighted by Crippen LogP contribution is -2.48. The molecular formula is C19H29N5O3. The fourth-order valence-electron chi connectivity index (χ4n) is 4.23. The van der Waals surface area contributed by atoms with E-state index in [1.54, 1.807) is 0 Å². The number of aliphatic hydroxyl groups excluding tert-OH is 1. The van der Waals surface area contributed by atoms with Crippen molar-refractivity contribution in [2.45, 2.75) is 57.1 Å². The molecule has 8 heteroatoms. The number of carbonyl (C=O) groups is 1. The van der Waals surface area contributed by atoms with Crippen molar-refractivity contribution in [3.8, 4) is 0 Å². The summed E-state index contributed by atoms with van der Waals surface area (Å²) in [6.45, 7) is 3.35. The molecule has 2 aliphatic heterocycles. The van der Waals surface area contributed by atoms with E-state index in [0.29, 0.717) is 6.54 Å². The van der Waals surface area contributed by atoms with E-state index >= 15 is 0 Å². The van der Waals surface area contributed by atoms with E-state index in [0.717, 1.165) is 37.8 Å². The first-order valence-corrected chi connectivity index (χ1v) is 9.91. The third kappa shape index (κ3) is 3.87. The van der Waals surface area contributed by atoms with Crippen molar-refractivity contribution in [2.24, 2.45) is 0 Å². The van der Waals surface area contributed by atoms with Gasteiger partial charge in [-0.05, 0) is 42.4 Å². The number of aryl methyl sites for hydroxylation is 1. The van der Waals surface area contributed by atoms with Crippen molar-refractivity contribution < 1.29 is 14.7 Å². The Kier molecular flexibility index (Phi) is 5.72. The summed E-state index contributed by atoms with van der Waals surface area (Å²) >= 11 is 0. The molecule has 0 radical (unpaired) electrons. The average molecular weight is 375 g/mol. The Labute approximate surface area is 159 Å². The van der Waals surface area contributed by atoms with Gasteiger partial charge in [0.1, 0.15) is 18.4 Å². The quantitative estimate of drug-likeness (QED) is 0.485. The summed E-state index contributed by atoms with van der Waals surface area (Å²) in [6.07, 6.45) is 3.60. The maximum atomic E-state index is 12.7. The molecule has 0 bridgehead atoms. The number of hydroxylamine groups is 1. The Morgan fingerprint density at radius 1 is 1.41 bits per heavy atom. The zero-order valence-electron chi connectivity index (χ0n) is 15.7. The van der Waals surface area contributed by atoms with Gasteiger partial charge >= 0.3 is 0 Å². The van der Waals surface area contributed by atoms with E-state index in [2.05, 4.69) is 46.7 Å². The van der Waals surface area contributed by atoms with Crippen LogP contribution in [-0.4, -0.2) is 48.0 Å². The second-order valence-electron chi connectivity index (χ2n) is 7.42. The summed E-state index contributed by atoms with van der Waals surface area (Å²) in [5.74, 6) is 0.0358. The molecule has 0 saturated carbocycles. The van der Waals surface area contributed by atoms with Gasteiger partial charge in [0, 0.05) is 13.1 Å². The van der Waals surface area contributed by atoms with E-state index in [-0.39, 0.29) is 37.0 Å². The summed E-state index contributed by atoms with van der Waals surface area (Å²) in [6, 6.07) is 6.29. The van der Waals surface area contributed by atoms with Crippen LogP contribution in [0.1, 0.15) is 55.1 Å². The van der Waals surface area contributed by atoms with Gasteiger partial charge in [0.25, 0.3) is 0 Å². The number of nitrogens with zero attached hydrogens (tertiary/aromatic N) is 1. The lowest BCUT2D eigenvalue weighted by Gasteiger charge is -2.24. The SMILES string of the molecule is CCC1NC(c2ccc3c(c2)CC[C@H]3NC(=O)C2CCNN2CCO)NO1. The molecule has 1 aromatic carbocycles. The third-order valence-electron chi connectivity index (χ3n) is 5.70. The Morgan fingerprint density at radius 3 is 3.07 bits per heavy atom. The lowest BCUT2D eigenvalue weighted by molar-refractivity contribution is -0.127. The highest BCUT2D eigenvalue weighted by Gasteiger charge is 2.33. The van der Waals surface area contributed by atoms with Crippen LogP contribution in [0.15, 0.2) is 18.2 Å². The monoisotopic (exact) mass is 375 g/mol. The lowest BCUT2D eigenvalue weighted by atomic mass is 10.0. The first-order valence-electron chi connectivity index (χ1n) is 9.91. The number of β-amino-alcohol motifs (C(OH)–C–C–N with tert-alkyl or cyclic N) is 1. The molecule has 2 heterocycles. The van der Waals surface area contributed by atoms with Gasteiger partial charge in [0.2, 0.25) is 5.91 Å². The highest BCUT2D eigenvalue weighted by molar-refractivity contribution is 5.82.